The van der Waals surface area contributed by atoms with Gasteiger partial charge in [-0.15, -0.1) is 0 Å². The zero-order chi connectivity index (χ0) is 19.1. The van der Waals surface area contributed by atoms with E-state index in [-0.39, 0.29) is 6.10 Å². The van der Waals surface area contributed by atoms with Gasteiger partial charge in [-0.2, -0.15) is 0 Å². The molecule has 3 aromatic rings. The molecule has 0 saturated carbocycles. The van der Waals surface area contributed by atoms with Crippen molar-refractivity contribution in [3.05, 3.63) is 76.8 Å². The molecule has 0 saturated heterocycles. The van der Waals surface area contributed by atoms with Crippen LogP contribution in [0.25, 0.3) is 10.8 Å². The van der Waals surface area contributed by atoms with Crippen molar-refractivity contribution < 1.29 is 9.53 Å². The van der Waals surface area contributed by atoms with E-state index in [4.69, 9.17) is 4.74 Å². The summed E-state index contributed by atoms with van der Waals surface area (Å²) in [5, 5.41) is 2.22. The summed E-state index contributed by atoms with van der Waals surface area (Å²) in [6.07, 6.45) is 1.88. The zero-order valence-corrected chi connectivity index (χ0v) is 16.8. The van der Waals surface area contributed by atoms with Crippen molar-refractivity contribution in [2.45, 2.75) is 32.3 Å². The minimum absolute atomic E-state index is 0.145. The minimum atomic E-state index is -0.472. The molecule has 0 bridgehead atoms. The molecule has 0 aliphatic rings. The quantitative estimate of drug-likeness (QED) is 0.450. The van der Waals surface area contributed by atoms with Gasteiger partial charge in [0, 0.05) is 10.9 Å². The molecule has 1 atom stereocenters. The second kappa shape index (κ2) is 9.42. The predicted molar refractivity (Wildman–Crippen MR) is 114 cm³/mol. The first kappa shape index (κ1) is 19.2. The van der Waals surface area contributed by atoms with Crippen LogP contribution < -0.4 is 10.9 Å². The Balaban J connectivity index is 1.56. The molecular formula is C22H23BrN2O2. The Kier molecular flexibility index (Phi) is 6.71. The van der Waals surface area contributed by atoms with Crippen LogP contribution in [0.5, 0.6) is 0 Å². The number of amides is 1. The highest BCUT2D eigenvalue weighted by Gasteiger charge is 2.14. The maximum atomic E-state index is 12.2. The fraction of sp³-hybridized carbons (Fsp3) is 0.227. The third-order valence-corrected chi connectivity index (χ3v) is 4.79. The number of hydrogen-bond acceptors (Lipinski definition) is 3. The summed E-state index contributed by atoms with van der Waals surface area (Å²) >= 11 is 3.47. The maximum Gasteiger partial charge on any atom is 0.426 e. The maximum absolute atomic E-state index is 12.2. The first-order chi connectivity index (χ1) is 13.1. The van der Waals surface area contributed by atoms with Crippen LogP contribution in [0.1, 0.15) is 25.3 Å². The molecule has 140 valence electrons. The summed E-state index contributed by atoms with van der Waals surface area (Å²) < 4.78 is 6.64. The van der Waals surface area contributed by atoms with E-state index in [1.807, 2.05) is 48.5 Å². The third kappa shape index (κ3) is 5.73. The SMILES string of the molecule is CCCC(Cc1ccccc1)OC(=O)NNc1ccc2cc(Br)ccc2c1. The molecule has 1 unspecified atom stereocenters. The largest absolute Gasteiger partial charge is 0.445 e. The van der Waals surface area contributed by atoms with E-state index < -0.39 is 6.09 Å². The number of anilines is 1. The minimum Gasteiger partial charge on any atom is -0.445 e. The van der Waals surface area contributed by atoms with Gasteiger partial charge in [-0.3, -0.25) is 5.43 Å². The number of benzene rings is 3. The predicted octanol–water partition coefficient (Wildman–Crippen LogP) is 6.07. The van der Waals surface area contributed by atoms with Crippen LogP contribution in [0.15, 0.2) is 71.2 Å². The number of hydrogen-bond donors (Lipinski definition) is 2. The van der Waals surface area contributed by atoms with E-state index in [0.29, 0.717) is 6.42 Å². The Bertz CT molecular complexity index is 899. The Hall–Kier alpha value is -2.53. The number of halogens is 1. The molecule has 0 aliphatic carbocycles. The topological polar surface area (TPSA) is 50.4 Å². The number of carbonyl (C=O) groups is 1. The molecular weight excluding hydrogens is 404 g/mol. The van der Waals surface area contributed by atoms with E-state index in [1.54, 1.807) is 0 Å². The van der Waals surface area contributed by atoms with Crippen LogP contribution in [0.3, 0.4) is 0 Å². The molecule has 1 amide bonds. The van der Waals surface area contributed by atoms with Crippen LogP contribution >= 0.6 is 15.9 Å². The second-order valence-electron chi connectivity index (χ2n) is 6.46. The van der Waals surface area contributed by atoms with Gasteiger partial charge in [-0.1, -0.05) is 71.7 Å². The van der Waals surface area contributed by atoms with Gasteiger partial charge in [0.25, 0.3) is 0 Å². The normalized spacial score (nSPS) is 11.8. The van der Waals surface area contributed by atoms with Crippen LogP contribution in [0.4, 0.5) is 10.5 Å². The van der Waals surface area contributed by atoms with Crippen LogP contribution in [-0.4, -0.2) is 12.2 Å². The molecule has 27 heavy (non-hydrogen) atoms. The molecule has 3 aromatic carbocycles. The standard InChI is InChI=1S/C22H23BrN2O2/c1-2-6-21(13-16-7-4-3-5-8-16)27-22(26)25-24-20-12-10-17-14-19(23)11-9-18(17)15-20/h3-5,7-12,14-15,21,24H,2,6,13H2,1H3,(H,25,26). The third-order valence-electron chi connectivity index (χ3n) is 4.30. The van der Waals surface area contributed by atoms with E-state index in [0.717, 1.165) is 39.3 Å². The van der Waals surface area contributed by atoms with Crippen molar-refractivity contribution >= 4 is 38.5 Å². The Morgan fingerprint density at radius 3 is 2.56 bits per heavy atom. The summed E-state index contributed by atoms with van der Waals surface area (Å²) in [5.74, 6) is 0. The summed E-state index contributed by atoms with van der Waals surface area (Å²) in [7, 11) is 0. The molecule has 2 N–H and O–H groups in total. The van der Waals surface area contributed by atoms with Crippen LogP contribution in [-0.2, 0) is 11.2 Å². The summed E-state index contributed by atoms with van der Waals surface area (Å²) in [4.78, 5) is 12.2. The molecule has 0 aliphatic heterocycles. The van der Waals surface area contributed by atoms with Gasteiger partial charge >= 0.3 is 6.09 Å². The number of fused-ring (bicyclic) bond motifs is 1. The van der Waals surface area contributed by atoms with Crippen molar-refractivity contribution in [2.24, 2.45) is 0 Å². The van der Waals surface area contributed by atoms with E-state index in [2.05, 4.69) is 51.9 Å². The smallest absolute Gasteiger partial charge is 0.426 e. The average Bonchev–Trinajstić information content (AvgIpc) is 2.67. The Morgan fingerprint density at radius 2 is 1.78 bits per heavy atom. The van der Waals surface area contributed by atoms with E-state index in [9.17, 15) is 4.79 Å². The lowest BCUT2D eigenvalue weighted by molar-refractivity contribution is 0.0938. The number of nitrogens with one attached hydrogen (secondary N) is 2. The van der Waals surface area contributed by atoms with Crippen molar-refractivity contribution in [1.29, 1.82) is 0 Å². The van der Waals surface area contributed by atoms with Gasteiger partial charge in [0.15, 0.2) is 0 Å². The van der Waals surface area contributed by atoms with Crippen LogP contribution in [0, 0.1) is 0 Å². The number of carbonyl (C=O) groups excluding carboxylic acids is 1. The molecule has 3 rings (SSSR count). The van der Waals surface area contributed by atoms with E-state index >= 15 is 0 Å². The zero-order valence-electron chi connectivity index (χ0n) is 15.2. The molecule has 0 aromatic heterocycles. The van der Waals surface area contributed by atoms with E-state index in [1.165, 1.54) is 0 Å². The summed E-state index contributed by atoms with van der Waals surface area (Å²) in [5.41, 5.74) is 7.52. The lowest BCUT2D eigenvalue weighted by Gasteiger charge is -2.18. The van der Waals surface area contributed by atoms with Crippen LogP contribution in [0.2, 0.25) is 0 Å². The fourth-order valence-electron chi connectivity index (χ4n) is 3.00. The monoisotopic (exact) mass is 426 g/mol. The Labute approximate surface area is 168 Å². The number of hydrazine groups is 1. The fourth-order valence-corrected chi connectivity index (χ4v) is 3.38. The molecule has 4 nitrogen and oxygen atoms in total. The summed E-state index contributed by atoms with van der Waals surface area (Å²) in [6, 6.07) is 22.1. The number of rotatable bonds is 7. The first-order valence-corrected chi connectivity index (χ1v) is 9.89. The van der Waals surface area contributed by atoms with Gasteiger partial charge in [0.2, 0.25) is 0 Å². The molecule has 5 heteroatoms. The molecule has 0 fully saturated rings. The average molecular weight is 427 g/mol. The van der Waals surface area contributed by atoms with Crippen molar-refractivity contribution in [2.75, 3.05) is 5.43 Å². The highest BCUT2D eigenvalue weighted by molar-refractivity contribution is 9.10. The van der Waals surface area contributed by atoms with Crippen molar-refractivity contribution in [3.8, 4) is 0 Å². The van der Waals surface area contributed by atoms with Gasteiger partial charge in [0.05, 0.1) is 5.69 Å². The van der Waals surface area contributed by atoms with Gasteiger partial charge in [0.1, 0.15) is 6.10 Å². The molecule has 0 radical (unpaired) electrons. The van der Waals surface area contributed by atoms with Crippen molar-refractivity contribution in [1.82, 2.24) is 5.43 Å². The second-order valence-corrected chi connectivity index (χ2v) is 7.38. The Morgan fingerprint density at radius 1 is 1.04 bits per heavy atom. The number of ether oxygens (including phenoxy) is 1. The lowest BCUT2D eigenvalue weighted by Crippen LogP contribution is -2.34. The summed E-state index contributed by atoms with van der Waals surface area (Å²) in [6.45, 7) is 2.09. The molecule has 0 spiro atoms. The lowest BCUT2D eigenvalue weighted by atomic mass is 10.0. The first-order valence-electron chi connectivity index (χ1n) is 9.10. The molecule has 0 heterocycles. The highest BCUT2D eigenvalue weighted by atomic mass is 79.9. The van der Waals surface area contributed by atoms with Gasteiger partial charge < -0.3 is 4.74 Å². The van der Waals surface area contributed by atoms with Gasteiger partial charge in [-0.25, -0.2) is 10.2 Å². The van der Waals surface area contributed by atoms with Crippen molar-refractivity contribution in [3.63, 3.8) is 0 Å². The highest BCUT2D eigenvalue weighted by Crippen LogP contribution is 2.22. The van der Waals surface area contributed by atoms with Gasteiger partial charge in [-0.05, 0) is 47.0 Å².